The molecule has 0 unspecified atom stereocenters. The first-order valence-corrected chi connectivity index (χ1v) is 9.03. The number of aryl methyl sites for hydroxylation is 1. The molecule has 0 aliphatic heterocycles. The van der Waals surface area contributed by atoms with Crippen molar-refractivity contribution in [3.63, 3.8) is 0 Å². The largest absolute Gasteiger partial charge is 0.297 e. The monoisotopic (exact) mass is 347 g/mol. The molecular weight excluding hydrogens is 333 g/mol. The van der Waals surface area contributed by atoms with Gasteiger partial charge in [0.25, 0.3) is 14.2 Å². The molecule has 1 heterocycles. The summed E-state index contributed by atoms with van der Waals surface area (Å²) in [5, 5.41) is 8.12. The van der Waals surface area contributed by atoms with E-state index in [1.807, 2.05) is 20.8 Å². The zero-order valence-corrected chi connectivity index (χ0v) is 14.2. The predicted octanol–water partition coefficient (Wildman–Crippen LogP) is 3.49. The maximum atomic E-state index is 11.6. The lowest BCUT2D eigenvalue weighted by molar-refractivity contribution is 0.488. The molecule has 0 saturated carbocycles. The molecule has 0 atom stereocenters. The van der Waals surface area contributed by atoms with Crippen molar-refractivity contribution in [2.24, 2.45) is 5.92 Å². The highest BCUT2D eigenvalue weighted by Crippen LogP contribution is 2.27. The van der Waals surface area contributed by atoms with Gasteiger partial charge in [-0.1, -0.05) is 25.4 Å². The Morgan fingerprint density at radius 3 is 2.48 bits per heavy atom. The molecule has 0 bridgehead atoms. The van der Waals surface area contributed by atoms with Gasteiger partial charge in [-0.15, -0.1) is 10.2 Å². The third-order valence-electron chi connectivity index (χ3n) is 2.91. The minimum atomic E-state index is -3.95. The average Bonchev–Trinajstić information content (AvgIpc) is 2.71. The number of benzene rings is 1. The minimum Gasteiger partial charge on any atom is -0.297 e. The van der Waals surface area contributed by atoms with Crippen molar-refractivity contribution in [3.05, 3.63) is 28.8 Å². The van der Waals surface area contributed by atoms with E-state index in [2.05, 4.69) is 10.2 Å². The van der Waals surface area contributed by atoms with Crippen LogP contribution in [0, 0.1) is 12.8 Å². The van der Waals surface area contributed by atoms with Gasteiger partial charge in [-0.3, -0.25) is 4.57 Å². The van der Waals surface area contributed by atoms with Gasteiger partial charge in [0.2, 0.25) is 0 Å². The molecule has 2 rings (SSSR count). The first-order chi connectivity index (χ1) is 9.70. The standard InChI is InChI=1S/C13H15Cl2N3O2S/c1-8(2)7-18-12(16-17-13(18)21(15,19)20)11-5-4-10(14)6-9(11)3/h4-6,8H,7H2,1-3H3. The lowest BCUT2D eigenvalue weighted by Crippen LogP contribution is -2.12. The highest BCUT2D eigenvalue weighted by Gasteiger charge is 2.24. The highest BCUT2D eigenvalue weighted by atomic mass is 35.7. The molecule has 0 N–H and O–H groups in total. The first kappa shape index (κ1) is 16.3. The molecule has 0 spiro atoms. The number of hydrogen-bond acceptors (Lipinski definition) is 4. The van der Waals surface area contributed by atoms with Gasteiger partial charge in [0.1, 0.15) is 0 Å². The Hall–Kier alpha value is -1.11. The second-order valence-corrected chi connectivity index (χ2v) is 8.10. The summed E-state index contributed by atoms with van der Waals surface area (Å²) in [6.45, 7) is 6.28. The first-order valence-electron chi connectivity index (χ1n) is 6.34. The predicted molar refractivity (Wildman–Crippen MR) is 83.1 cm³/mol. The van der Waals surface area contributed by atoms with Gasteiger partial charge in [0.05, 0.1) is 0 Å². The second kappa shape index (κ2) is 5.94. The van der Waals surface area contributed by atoms with Crippen LogP contribution in [0.3, 0.4) is 0 Å². The van der Waals surface area contributed by atoms with E-state index in [4.69, 9.17) is 22.3 Å². The molecule has 0 aliphatic rings. The Labute approximate surface area is 133 Å². The van der Waals surface area contributed by atoms with Crippen molar-refractivity contribution >= 4 is 31.3 Å². The van der Waals surface area contributed by atoms with Gasteiger partial charge in [0, 0.05) is 27.8 Å². The molecule has 0 aliphatic carbocycles. The van der Waals surface area contributed by atoms with E-state index >= 15 is 0 Å². The number of rotatable bonds is 4. The molecule has 114 valence electrons. The molecule has 0 saturated heterocycles. The zero-order chi connectivity index (χ0) is 15.8. The van der Waals surface area contributed by atoms with E-state index < -0.39 is 9.05 Å². The molecular formula is C13H15Cl2N3O2S. The van der Waals surface area contributed by atoms with Crippen LogP contribution in [-0.2, 0) is 15.6 Å². The summed E-state index contributed by atoms with van der Waals surface area (Å²) in [6.07, 6.45) is 0. The number of hydrogen-bond donors (Lipinski definition) is 0. The Kier molecular flexibility index (Phi) is 4.60. The van der Waals surface area contributed by atoms with Crippen molar-refractivity contribution in [2.45, 2.75) is 32.5 Å². The summed E-state index contributed by atoms with van der Waals surface area (Å²) < 4.78 is 24.8. The van der Waals surface area contributed by atoms with Crippen LogP contribution in [0.15, 0.2) is 23.4 Å². The smallest absolute Gasteiger partial charge is 0.296 e. The van der Waals surface area contributed by atoms with Crippen molar-refractivity contribution in [1.29, 1.82) is 0 Å². The van der Waals surface area contributed by atoms with Gasteiger partial charge < -0.3 is 0 Å². The van der Waals surface area contributed by atoms with Crippen LogP contribution >= 0.6 is 22.3 Å². The van der Waals surface area contributed by atoms with Crippen molar-refractivity contribution in [1.82, 2.24) is 14.8 Å². The van der Waals surface area contributed by atoms with Gasteiger partial charge in [0.15, 0.2) is 5.82 Å². The summed E-state index contributed by atoms with van der Waals surface area (Å²) >= 11 is 5.95. The fraction of sp³-hybridized carbons (Fsp3) is 0.385. The topological polar surface area (TPSA) is 64.8 Å². The molecule has 0 fully saturated rings. The minimum absolute atomic E-state index is 0.213. The number of halogens is 2. The molecule has 21 heavy (non-hydrogen) atoms. The summed E-state index contributed by atoms with van der Waals surface area (Å²) in [7, 11) is 1.49. The summed E-state index contributed by atoms with van der Waals surface area (Å²) in [5.74, 6) is 0.682. The van der Waals surface area contributed by atoms with Crippen molar-refractivity contribution in [2.75, 3.05) is 0 Å². The summed E-state index contributed by atoms with van der Waals surface area (Å²) in [6, 6.07) is 5.32. The fourth-order valence-electron chi connectivity index (χ4n) is 2.08. The molecule has 1 aromatic heterocycles. The molecule has 0 radical (unpaired) electrons. The Morgan fingerprint density at radius 1 is 1.29 bits per heavy atom. The third kappa shape index (κ3) is 3.56. The van der Waals surface area contributed by atoms with Gasteiger partial charge >= 0.3 is 0 Å². The third-order valence-corrected chi connectivity index (χ3v) is 4.30. The average molecular weight is 348 g/mol. The van der Waals surface area contributed by atoms with E-state index in [1.165, 1.54) is 4.57 Å². The van der Waals surface area contributed by atoms with Crippen LogP contribution < -0.4 is 0 Å². The maximum Gasteiger partial charge on any atom is 0.296 e. The Morgan fingerprint density at radius 2 is 1.95 bits per heavy atom. The van der Waals surface area contributed by atoms with Crippen LogP contribution in [0.25, 0.3) is 11.4 Å². The number of aromatic nitrogens is 3. The molecule has 8 heteroatoms. The zero-order valence-electron chi connectivity index (χ0n) is 11.8. The molecule has 5 nitrogen and oxygen atoms in total. The summed E-state index contributed by atoms with van der Waals surface area (Å²) in [5.41, 5.74) is 1.66. The summed E-state index contributed by atoms with van der Waals surface area (Å²) in [4.78, 5) is 0. The molecule has 1 aromatic carbocycles. The molecule has 2 aromatic rings. The van der Waals surface area contributed by atoms with Crippen molar-refractivity contribution in [3.8, 4) is 11.4 Å². The second-order valence-electron chi connectivity index (χ2n) is 5.21. The van der Waals surface area contributed by atoms with Crippen LogP contribution in [0.5, 0.6) is 0 Å². The fourth-order valence-corrected chi connectivity index (χ4v) is 3.21. The van der Waals surface area contributed by atoms with E-state index in [-0.39, 0.29) is 11.1 Å². The van der Waals surface area contributed by atoms with Gasteiger partial charge in [-0.25, -0.2) is 8.42 Å². The lowest BCUT2D eigenvalue weighted by atomic mass is 10.1. The van der Waals surface area contributed by atoms with E-state index in [0.717, 1.165) is 11.1 Å². The van der Waals surface area contributed by atoms with E-state index in [9.17, 15) is 8.42 Å². The Balaban J connectivity index is 2.66. The van der Waals surface area contributed by atoms with Crippen molar-refractivity contribution < 1.29 is 8.42 Å². The van der Waals surface area contributed by atoms with Crippen LogP contribution in [0.2, 0.25) is 5.02 Å². The van der Waals surface area contributed by atoms with E-state index in [0.29, 0.717) is 17.4 Å². The quantitative estimate of drug-likeness (QED) is 0.794. The Bertz CT molecular complexity index is 770. The van der Waals surface area contributed by atoms with Crippen LogP contribution in [-0.4, -0.2) is 23.2 Å². The van der Waals surface area contributed by atoms with E-state index in [1.54, 1.807) is 18.2 Å². The highest BCUT2D eigenvalue weighted by molar-refractivity contribution is 8.13. The number of nitrogens with zero attached hydrogens (tertiary/aromatic N) is 3. The van der Waals surface area contributed by atoms with Crippen LogP contribution in [0.4, 0.5) is 0 Å². The SMILES string of the molecule is Cc1cc(Cl)ccc1-c1nnc(S(=O)(=O)Cl)n1CC(C)C. The van der Waals surface area contributed by atoms with Gasteiger partial charge in [-0.05, 0) is 36.6 Å². The lowest BCUT2D eigenvalue weighted by Gasteiger charge is -2.12. The molecule has 0 amide bonds. The normalized spacial score (nSPS) is 12.1. The van der Waals surface area contributed by atoms with Gasteiger partial charge in [-0.2, -0.15) is 0 Å². The maximum absolute atomic E-state index is 11.6. The van der Waals surface area contributed by atoms with Crippen LogP contribution in [0.1, 0.15) is 19.4 Å².